The predicted molar refractivity (Wildman–Crippen MR) is 122 cm³/mol. The summed E-state index contributed by atoms with van der Waals surface area (Å²) in [6.07, 6.45) is 1.82. The summed E-state index contributed by atoms with van der Waals surface area (Å²) in [7, 11) is 1.60. The second-order valence-corrected chi connectivity index (χ2v) is 8.08. The summed E-state index contributed by atoms with van der Waals surface area (Å²) >= 11 is 0. The van der Waals surface area contributed by atoms with E-state index in [1.807, 2.05) is 47.5 Å². The van der Waals surface area contributed by atoms with Crippen molar-refractivity contribution in [1.29, 1.82) is 0 Å². The maximum absolute atomic E-state index is 12.7. The van der Waals surface area contributed by atoms with Crippen molar-refractivity contribution in [2.24, 2.45) is 0 Å². The van der Waals surface area contributed by atoms with E-state index in [1.165, 1.54) is 0 Å². The summed E-state index contributed by atoms with van der Waals surface area (Å²) < 4.78 is 7.56. The van der Waals surface area contributed by atoms with E-state index in [0.29, 0.717) is 30.4 Å². The van der Waals surface area contributed by atoms with E-state index >= 15 is 0 Å². The van der Waals surface area contributed by atoms with Crippen LogP contribution in [-0.4, -0.2) is 70.2 Å². The van der Waals surface area contributed by atoms with Gasteiger partial charge in [0.2, 0.25) is 0 Å². The third-order valence-corrected chi connectivity index (χ3v) is 5.70. The molecule has 2 amide bonds. The van der Waals surface area contributed by atoms with Crippen molar-refractivity contribution in [3.05, 3.63) is 48.4 Å². The highest BCUT2D eigenvalue weighted by atomic mass is 16.5. The van der Waals surface area contributed by atoms with Crippen molar-refractivity contribution in [3.8, 4) is 5.75 Å². The number of urea groups is 1. The Hall–Kier alpha value is -3.13. The van der Waals surface area contributed by atoms with Gasteiger partial charge in [0, 0.05) is 51.4 Å². The molecular weight excluding hydrogens is 392 g/mol. The molecule has 0 saturated carbocycles. The summed E-state index contributed by atoms with van der Waals surface area (Å²) in [5, 5.41) is 2.96. The highest BCUT2D eigenvalue weighted by molar-refractivity contribution is 5.91. The molecular formula is C23H30N6O2. The first kappa shape index (κ1) is 21.1. The summed E-state index contributed by atoms with van der Waals surface area (Å²) in [6.45, 7) is 9.15. The molecule has 8 heteroatoms. The molecule has 3 aromatic rings. The van der Waals surface area contributed by atoms with Crippen molar-refractivity contribution in [3.63, 3.8) is 0 Å². The monoisotopic (exact) mass is 422 g/mol. The molecule has 1 aromatic carbocycles. The van der Waals surface area contributed by atoms with Crippen LogP contribution in [0.25, 0.3) is 11.2 Å². The fraction of sp³-hybridized carbons (Fsp3) is 0.435. The number of ether oxygens (including phenoxy) is 1. The first-order valence-corrected chi connectivity index (χ1v) is 10.8. The van der Waals surface area contributed by atoms with Crippen LogP contribution in [0.1, 0.15) is 25.6 Å². The molecule has 1 saturated heterocycles. The van der Waals surface area contributed by atoms with Gasteiger partial charge in [-0.05, 0) is 24.3 Å². The molecule has 1 fully saturated rings. The van der Waals surface area contributed by atoms with Crippen LogP contribution < -0.4 is 10.1 Å². The maximum Gasteiger partial charge on any atom is 0.322 e. The lowest BCUT2D eigenvalue weighted by molar-refractivity contribution is 0.144. The number of carbonyl (C=O) groups excluding carboxylic acids is 1. The van der Waals surface area contributed by atoms with Gasteiger partial charge in [-0.2, -0.15) is 0 Å². The number of benzene rings is 1. The van der Waals surface area contributed by atoms with Gasteiger partial charge in [0.1, 0.15) is 17.1 Å². The Labute approximate surface area is 182 Å². The van der Waals surface area contributed by atoms with Crippen LogP contribution in [0, 0.1) is 0 Å². The minimum absolute atomic E-state index is 0.0870. The molecule has 1 aliphatic rings. The molecule has 0 radical (unpaired) electrons. The molecule has 1 N–H and O–H groups in total. The molecule has 8 nitrogen and oxygen atoms in total. The average molecular weight is 423 g/mol. The first-order chi connectivity index (χ1) is 15.1. The van der Waals surface area contributed by atoms with Gasteiger partial charge in [0.25, 0.3) is 0 Å². The number of fused-ring (bicyclic) bond motifs is 1. The SMILES string of the molecule is COc1ccccc1NC(=O)N1CCN(CCn2c(C(C)C)nc3cccnc32)CC1. The number of nitrogens with zero attached hydrogens (tertiary/aromatic N) is 5. The van der Waals surface area contributed by atoms with Gasteiger partial charge in [0.15, 0.2) is 5.65 Å². The number of imidazole rings is 1. The number of anilines is 1. The van der Waals surface area contributed by atoms with E-state index in [0.717, 1.165) is 43.2 Å². The molecule has 0 unspecified atom stereocenters. The Morgan fingerprint density at radius 1 is 1.10 bits per heavy atom. The summed E-state index contributed by atoms with van der Waals surface area (Å²) in [4.78, 5) is 26.2. The Morgan fingerprint density at radius 3 is 2.61 bits per heavy atom. The topological polar surface area (TPSA) is 75.5 Å². The summed E-state index contributed by atoms with van der Waals surface area (Å²) in [5.74, 6) is 2.07. The van der Waals surface area contributed by atoms with Gasteiger partial charge < -0.3 is 19.5 Å². The number of hydrogen-bond donors (Lipinski definition) is 1. The second kappa shape index (κ2) is 9.34. The largest absolute Gasteiger partial charge is 0.495 e. The quantitative estimate of drug-likeness (QED) is 0.659. The van der Waals surface area contributed by atoms with Crippen LogP contribution in [-0.2, 0) is 6.54 Å². The van der Waals surface area contributed by atoms with E-state index < -0.39 is 0 Å². The molecule has 164 valence electrons. The number of carbonyl (C=O) groups is 1. The van der Waals surface area contributed by atoms with Crippen LogP contribution in [0.15, 0.2) is 42.6 Å². The number of pyridine rings is 1. The number of amides is 2. The highest BCUT2D eigenvalue weighted by Gasteiger charge is 2.22. The van der Waals surface area contributed by atoms with Gasteiger partial charge in [-0.1, -0.05) is 26.0 Å². The number of rotatable bonds is 6. The maximum atomic E-state index is 12.7. The van der Waals surface area contributed by atoms with Crippen molar-refractivity contribution in [1.82, 2.24) is 24.3 Å². The minimum Gasteiger partial charge on any atom is -0.495 e. The zero-order chi connectivity index (χ0) is 21.8. The third-order valence-electron chi connectivity index (χ3n) is 5.70. The zero-order valence-electron chi connectivity index (χ0n) is 18.4. The smallest absolute Gasteiger partial charge is 0.322 e. The normalized spacial score (nSPS) is 14.9. The van der Waals surface area contributed by atoms with E-state index in [9.17, 15) is 4.79 Å². The van der Waals surface area contributed by atoms with Crippen LogP contribution in [0.5, 0.6) is 5.75 Å². The number of aromatic nitrogens is 3. The lowest BCUT2D eigenvalue weighted by Gasteiger charge is -2.34. The van der Waals surface area contributed by atoms with Crippen LogP contribution >= 0.6 is 0 Å². The second-order valence-electron chi connectivity index (χ2n) is 8.08. The minimum atomic E-state index is -0.0870. The molecule has 4 rings (SSSR count). The van der Waals surface area contributed by atoms with Crippen molar-refractivity contribution < 1.29 is 9.53 Å². The van der Waals surface area contributed by atoms with Gasteiger partial charge in [-0.15, -0.1) is 0 Å². The Bertz CT molecular complexity index is 1040. The van der Waals surface area contributed by atoms with Crippen molar-refractivity contribution in [2.75, 3.05) is 45.2 Å². The summed E-state index contributed by atoms with van der Waals surface area (Å²) in [6, 6.07) is 11.3. The van der Waals surface area contributed by atoms with Crippen molar-refractivity contribution >= 4 is 22.9 Å². The zero-order valence-corrected chi connectivity index (χ0v) is 18.4. The average Bonchev–Trinajstić information content (AvgIpc) is 3.17. The Balaban J connectivity index is 1.33. The number of piperazine rings is 1. The Kier molecular flexibility index (Phi) is 6.36. The lowest BCUT2D eigenvalue weighted by atomic mass is 10.2. The standard InChI is InChI=1S/C23H30N6O2/c1-17(2)21-25-19-8-6-10-24-22(19)29(21)16-13-27-11-14-28(15-12-27)23(30)26-18-7-4-5-9-20(18)31-3/h4-10,17H,11-16H2,1-3H3,(H,26,30). The number of nitrogens with one attached hydrogen (secondary N) is 1. The number of para-hydroxylation sites is 2. The van der Waals surface area contributed by atoms with Gasteiger partial charge in [-0.3, -0.25) is 4.90 Å². The van der Waals surface area contributed by atoms with Crippen molar-refractivity contribution in [2.45, 2.75) is 26.3 Å². The lowest BCUT2D eigenvalue weighted by Crippen LogP contribution is -2.50. The molecule has 0 aliphatic carbocycles. The van der Waals surface area contributed by atoms with Gasteiger partial charge in [0.05, 0.1) is 12.8 Å². The molecule has 0 spiro atoms. The Morgan fingerprint density at radius 2 is 1.87 bits per heavy atom. The van der Waals surface area contributed by atoms with Crippen LogP contribution in [0.4, 0.5) is 10.5 Å². The van der Waals surface area contributed by atoms with E-state index in [-0.39, 0.29) is 6.03 Å². The van der Waals surface area contributed by atoms with Crippen LogP contribution in [0.2, 0.25) is 0 Å². The molecule has 2 aromatic heterocycles. The fourth-order valence-electron chi connectivity index (χ4n) is 4.00. The first-order valence-electron chi connectivity index (χ1n) is 10.8. The van der Waals surface area contributed by atoms with E-state index in [1.54, 1.807) is 7.11 Å². The van der Waals surface area contributed by atoms with Crippen LogP contribution in [0.3, 0.4) is 0 Å². The van der Waals surface area contributed by atoms with Gasteiger partial charge in [-0.25, -0.2) is 14.8 Å². The summed E-state index contributed by atoms with van der Waals surface area (Å²) in [5.41, 5.74) is 2.59. The molecule has 3 heterocycles. The number of hydrogen-bond acceptors (Lipinski definition) is 5. The number of methoxy groups -OCH3 is 1. The van der Waals surface area contributed by atoms with Gasteiger partial charge >= 0.3 is 6.03 Å². The molecule has 0 atom stereocenters. The van der Waals surface area contributed by atoms with E-state index in [2.05, 4.69) is 33.6 Å². The molecule has 31 heavy (non-hydrogen) atoms. The molecule has 0 bridgehead atoms. The van der Waals surface area contributed by atoms with E-state index in [4.69, 9.17) is 9.72 Å². The molecule has 1 aliphatic heterocycles. The highest BCUT2D eigenvalue weighted by Crippen LogP contribution is 2.24. The third kappa shape index (κ3) is 4.64. The predicted octanol–water partition coefficient (Wildman–Crippen LogP) is 3.41. The fourth-order valence-corrected chi connectivity index (χ4v) is 4.00.